The highest BCUT2D eigenvalue weighted by Crippen LogP contribution is 2.44. The van der Waals surface area contributed by atoms with Gasteiger partial charge in [0.25, 0.3) is 5.91 Å². The van der Waals surface area contributed by atoms with Crippen LogP contribution in [0.1, 0.15) is 52.0 Å². The van der Waals surface area contributed by atoms with Crippen LogP contribution in [-0.4, -0.2) is 18.6 Å². The quantitative estimate of drug-likeness (QED) is 0.921. The lowest BCUT2D eigenvalue weighted by molar-refractivity contribution is -0.124. The summed E-state index contributed by atoms with van der Waals surface area (Å²) < 4.78 is 5.80. The van der Waals surface area contributed by atoms with Crippen molar-refractivity contribution in [3.8, 4) is 5.75 Å². The minimum absolute atomic E-state index is 0.0116. The minimum Gasteiger partial charge on any atom is -0.483 e. The summed E-state index contributed by atoms with van der Waals surface area (Å²) in [4.78, 5) is 12.2. The highest BCUT2D eigenvalue weighted by Gasteiger charge is 2.40. The molecule has 0 aromatic heterocycles. The van der Waals surface area contributed by atoms with Crippen LogP contribution in [0.4, 0.5) is 0 Å². The average molecular weight is 301 g/mol. The molecule has 120 valence electrons. The number of nitrogens with one attached hydrogen (secondary N) is 1. The van der Waals surface area contributed by atoms with Gasteiger partial charge in [-0.25, -0.2) is 0 Å². The van der Waals surface area contributed by atoms with E-state index in [1.165, 1.54) is 19.3 Å². The Morgan fingerprint density at radius 2 is 2.00 bits per heavy atom. The average Bonchev–Trinajstić information content (AvgIpc) is 3.07. The van der Waals surface area contributed by atoms with Crippen molar-refractivity contribution in [3.63, 3.8) is 0 Å². The van der Waals surface area contributed by atoms with Crippen LogP contribution >= 0.6 is 0 Å². The molecule has 3 atom stereocenters. The molecule has 2 bridgehead atoms. The van der Waals surface area contributed by atoms with Crippen LogP contribution in [0.5, 0.6) is 5.75 Å². The molecule has 0 aliphatic heterocycles. The second kappa shape index (κ2) is 5.94. The van der Waals surface area contributed by atoms with Crippen molar-refractivity contribution in [2.45, 2.75) is 57.9 Å². The van der Waals surface area contributed by atoms with E-state index in [0.29, 0.717) is 12.0 Å². The van der Waals surface area contributed by atoms with Crippen molar-refractivity contribution < 1.29 is 9.53 Å². The zero-order chi connectivity index (χ0) is 15.7. The van der Waals surface area contributed by atoms with Gasteiger partial charge in [0, 0.05) is 6.04 Å². The predicted molar refractivity (Wildman–Crippen MR) is 88.0 cm³/mol. The molecule has 1 amide bonds. The number of fused-ring (bicyclic) bond motifs is 2. The van der Waals surface area contributed by atoms with Crippen LogP contribution in [0, 0.1) is 11.8 Å². The van der Waals surface area contributed by atoms with E-state index in [4.69, 9.17) is 4.74 Å². The zero-order valence-electron chi connectivity index (χ0n) is 13.9. The molecule has 1 aromatic rings. The van der Waals surface area contributed by atoms with E-state index in [9.17, 15) is 4.79 Å². The third kappa shape index (κ3) is 3.29. The summed E-state index contributed by atoms with van der Waals surface area (Å²) in [7, 11) is 0. The number of ether oxygens (including phenoxy) is 1. The first-order chi connectivity index (χ1) is 10.4. The van der Waals surface area contributed by atoms with Gasteiger partial charge >= 0.3 is 0 Å². The smallest absolute Gasteiger partial charge is 0.258 e. The maximum absolute atomic E-state index is 12.2. The lowest BCUT2D eigenvalue weighted by atomic mass is 9.86. The maximum atomic E-state index is 12.2. The predicted octanol–water partition coefficient (Wildman–Crippen LogP) is 3.67. The number of amides is 1. The monoisotopic (exact) mass is 301 g/mol. The zero-order valence-corrected chi connectivity index (χ0v) is 13.9. The van der Waals surface area contributed by atoms with E-state index in [1.807, 2.05) is 18.2 Å². The Hall–Kier alpha value is -1.51. The lowest BCUT2D eigenvalue weighted by Crippen LogP contribution is -2.41. The molecule has 2 aliphatic carbocycles. The molecule has 0 unspecified atom stereocenters. The topological polar surface area (TPSA) is 38.3 Å². The highest BCUT2D eigenvalue weighted by molar-refractivity contribution is 5.78. The molecular formula is C19H27NO2. The number of para-hydroxylation sites is 1. The molecule has 2 saturated carbocycles. The molecule has 1 aromatic carbocycles. The van der Waals surface area contributed by atoms with Gasteiger partial charge in [-0.3, -0.25) is 4.79 Å². The van der Waals surface area contributed by atoms with Crippen molar-refractivity contribution in [3.05, 3.63) is 29.8 Å². The Balaban J connectivity index is 1.55. The standard InChI is InChI=1S/C19H27NO2/c1-19(2,3)15-6-4-5-7-17(15)22-12-18(21)20-16-11-13-8-9-14(16)10-13/h4-7,13-14,16H,8-12H2,1-3H3,(H,20,21)/t13-,14-,16-/m0/s1. The molecule has 3 heteroatoms. The summed E-state index contributed by atoms with van der Waals surface area (Å²) in [6.07, 6.45) is 5.10. The van der Waals surface area contributed by atoms with E-state index < -0.39 is 0 Å². The summed E-state index contributed by atoms with van der Waals surface area (Å²) in [5, 5.41) is 3.17. The molecule has 3 rings (SSSR count). The van der Waals surface area contributed by atoms with Crippen molar-refractivity contribution in [1.29, 1.82) is 0 Å². The third-order valence-electron chi connectivity index (χ3n) is 5.14. The number of hydrogen-bond acceptors (Lipinski definition) is 2. The Morgan fingerprint density at radius 3 is 2.64 bits per heavy atom. The molecule has 3 nitrogen and oxygen atoms in total. The van der Waals surface area contributed by atoms with Crippen LogP contribution in [-0.2, 0) is 10.2 Å². The molecular weight excluding hydrogens is 274 g/mol. The first-order valence-corrected chi connectivity index (χ1v) is 8.45. The van der Waals surface area contributed by atoms with E-state index >= 15 is 0 Å². The SMILES string of the molecule is CC(C)(C)c1ccccc1OCC(=O)N[C@H]1C[C@H]2CC[C@H]1C2. The fourth-order valence-electron chi connectivity index (χ4n) is 4.03. The molecule has 2 fully saturated rings. The first-order valence-electron chi connectivity index (χ1n) is 8.45. The van der Waals surface area contributed by atoms with E-state index in [-0.39, 0.29) is 17.9 Å². The first kappa shape index (κ1) is 15.4. The number of hydrogen-bond donors (Lipinski definition) is 1. The summed E-state index contributed by atoms with van der Waals surface area (Å²) in [6.45, 7) is 6.58. The number of rotatable bonds is 4. The second-order valence-electron chi connectivity index (χ2n) is 7.88. The van der Waals surface area contributed by atoms with Crippen LogP contribution in [0.2, 0.25) is 0 Å². The fraction of sp³-hybridized carbons (Fsp3) is 0.632. The van der Waals surface area contributed by atoms with Crippen molar-refractivity contribution >= 4 is 5.91 Å². The van der Waals surface area contributed by atoms with Crippen LogP contribution in [0.25, 0.3) is 0 Å². The fourth-order valence-corrected chi connectivity index (χ4v) is 4.03. The summed E-state index contributed by atoms with van der Waals surface area (Å²) in [6, 6.07) is 8.38. The molecule has 0 heterocycles. The molecule has 0 saturated heterocycles. The molecule has 22 heavy (non-hydrogen) atoms. The van der Waals surface area contributed by atoms with E-state index in [2.05, 4.69) is 32.2 Å². The molecule has 2 aliphatic rings. The minimum atomic E-state index is 0.0116. The van der Waals surface area contributed by atoms with Gasteiger partial charge in [0.2, 0.25) is 0 Å². The molecule has 0 spiro atoms. The Morgan fingerprint density at radius 1 is 1.23 bits per heavy atom. The van der Waals surface area contributed by atoms with Gasteiger partial charge in [0.05, 0.1) is 0 Å². The summed E-state index contributed by atoms with van der Waals surface area (Å²) >= 11 is 0. The van der Waals surface area contributed by atoms with Gasteiger partial charge in [0.1, 0.15) is 5.75 Å². The maximum Gasteiger partial charge on any atom is 0.258 e. The van der Waals surface area contributed by atoms with E-state index in [1.54, 1.807) is 0 Å². The van der Waals surface area contributed by atoms with Gasteiger partial charge in [-0.15, -0.1) is 0 Å². The third-order valence-corrected chi connectivity index (χ3v) is 5.14. The normalized spacial score (nSPS) is 27.0. The highest BCUT2D eigenvalue weighted by atomic mass is 16.5. The Kier molecular flexibility index (Phi) is 4.16. The van der Waals surface area contributed by atoms with Gasteiger partial charge in [-0.1, -0.05) is 45.4 Å². The van der Waals surface area contributed by atoms with Crippen molar-refractivity contribution in [2.24, 2.45) is 11.8 Å². The number of carbonyl (C=O) groups is 1. The van der Waals surface area contributed by atoms with Crippen LogP contribution < -0.4 is 10.1 Å². The van der Waals surface area contributed by atoms with Gasteiger partial charge < -0.3 is 10.1 Å². The number of carbonyl (C=O) groups excluding carboxylic acids is 1. The van der Waals surface area contributed by atoms with Gasteiger partial charge in [-0.2, -0.15) is 0 Å². The largest absolute Gasteiger partial charge is 0.483 e. The second-order valence-corrected chi connectivity index (χ2v) is 7.88. The summed E-state index contributed by atoms with van der Waals surface area (Å²) in [5.74, 6) is 2.38. The lowest BCUT2D eigenvalue weighted by Gasteiger charge is -2.24. The summed E-state index contributed by atoms with van der Waals surface area (Å²) in [5.41, 5.74) is 1.15. The molecule has 1 N–H and O–H groups in total. The Labute approximate surface area is 133 Å². The van der Waals surface area contributed by atoms with Crippen LogP contribution in [0.15, 0.2) is 24.3 Å². The number of benzene rings is 1. The molecule has 0 radical (unpaired) electrons. The van der Waals surface area contributed by atoms with E-state index in [0.717, 1.165) is 23.7 Å². The van der Waals surface area contributed by atoms with Gasteiger partial charge in [-0.05, 0) is 48.1 Å². The van der Waals surface area contributed by atoms with Crippen molar-refractivity contribution in [1.82, 2.24) is 5.32 Å². The van der Waals surface area contributed by atoms with Crippen molar-refractivity contribution in [2.75, 3.05) is 6.61 Å². The Bertz CT molecular complexity index is 547. The van der Waals surface area contributed by atoms with Gasteiger partial charge in [0.15, 0.2) is 6.61 Å². The van der Waals surface area contributed by atoms with Crippen LogP contribution in [0.3, 0.4) is 0 Å².